The molecule has 0 radical (unpaired) electrons. The lowest BCUT2D eigenvalue weighted by molar-refractivity contribution is 1.45. The standard InChI is InChI=1S/C15H15ClN2S2/c1-10-6-7-12(9-14(10)16)18-15(19)17-11-4-3-5-13(8-11)20-2/h3-9H,1-2H3,(H2,17,18,19). The molecule has 0 heterocycles. The summed E-state index contributed by atoms with van der Waals surface area (Å²) in [5, 5.41) is 7.56. The zero-order valence-electron chi connectivity index (χ0n) is 11.2. The Balaban J connectivity index is 2.03. The third-order valence-corrected chi connectivity index (χ3v) is 4.09. The third-order valence-electron chi connectivity index (χ3n) is 2.76. The van der Waals surface area contributed by atoms with Crippen LogP contribution < -0.4 is 10.6 Å². The van der Waals surface area contributed by atoms with Crippen LogP contribution in [0.2, 0.25) is 5.02 Å². The van der Waals surface area contributed by atoms with E-state index in [9.17, 15) is 0 Å². The van der Waals surface area contributed by atoms with Crippen LogP contribution in [-0.4, -0.2) is 11.4 Å². The van der Waals surface area contributed by atoms with E-state index < -0.39 is 0 Å². The summed E-state index contributed by atoms with van der Waals surface area (Å²) in [6.07, 6.45) is 2.05. The summed E-state index contributed by atoms with van der Waals surface area (Å²) >= 11 is 13.1. The van der Waals surface area contributed by atoms with Gasteiger partial charge >= 0.3 is 0 Å². The largest absolute Gasteiger partial charge is 0.332 e. The van der Waals surface area contributed by atoms with E-state index in [1.165, 1.54) is 4.90 Å². The van der Waals surface area contributed by atoms with Gasteiger partial charge in [0.2, 0.25) is 0 Å². The van der Waals surface area contributed by atoms with Crippen LogP contribution in [0, 0.1) is 6.92 Å². The third kappa shape index (κ3) is 4.13. The highest BCUT2D eigenvalue weighted by molar-refractivity contribution is 7.98. The van der Waals surface area contributed by atoms with Crippen molar-refractivity contribution in [2.45, 2.75) is 11.8 Å². The van der Waals surface area contributed by atoms with Gasteiger partial charge < -0.3 is 10.6 Å². The molecule has 104 valence electrons. The van der Waals surface area contributed by atoms with Gasteiger partial charge in [0.25, 0.3) is 0 Å². The number of rotatable bonds is 3. The fraction of sp³-hybridized carbons (Fsp3) is 0.133. The van der Waals surface area contributed by atoms with Crippen molar-refractivity contribution >= 4 is 52.1 Å². The van der Waals surface area contributed by atoms with Gasteiger partial charge in [0.05, 0.1) is 0 Å². The summed E-state index contributed by atoms with van der Waals surface area (Å²) in [7, 11) is 0. The Morgan fingerprint density at radius 2 is 1.80 bits per heavy atom. The zero-order valence-corrected chi connectivity index (χ0v) is 13.6. The predicted octanol–water partition coefficient (Wildman–Crippen LogP) is 5.18. The Labute approximate surface area is 133 Å². The average molecular weight is 323 g/mol. The molecule has 0 saturated heterocycles. The minimum Gasteiger partial charge on any atom is -0.332 e. The first-order chi connectivity index (χ1) is 9.58. The molecule has 5 heteroatoms. The molecular weight excluding hydrogens is 308 g/mol. The van der Waals surface area contributed by atoms with Crippen molar-refractivity contribution in [2.75, 3.05) is 16.9 Å². The highest BCUT2D eigenvalue weighted by Crippen LogP contribution is 2.21. The molecule has 0 aliphatic heterocycles. The summed E-state index contributed by atoms with van der Waals surface area (Å²) in [6.45, 7) is 1.97. The first-order valence-electron chi connectivity index (χ1n) is 6.06. The fourth-order valence-corrected chi connectivity index (χ4v) is 2.54. The van der Waals surface area contributed by atoms with E-state index in [-0.39, 0.29) is 0 Å². The molecule has 0 amide bonds. The SMILES string of the molecule is CSc1cccc(NC(=S)Nc2ccc(C)c(Cl)c2)c1. The van der Waals surface area contributed by atoms with Gasteiger partial charge in [-0.25, -0.2) is 0 Å². The van der Waals surface area contributed by atoms with Crippen LogP contribution in [0.5, 0.6) is 0 Å². The van der Waals surface area contributed by atoms with Gasteiger partial charge in [-0.1, -0.05) is 23.7 Å². The van der Waals surface area contributed by atoms with E-state index in [1.54, 1.807) is 11.8 Å². The molecule has 0 unspecified atom stereocenters. The van der Waals surface area contributed by atoms with E-state index in [2.05, 4.69) is 22.8 Å². The van der Waals surface area contributed by atoms with Crippen molar-refractivity contribution in [1.82, 2.24) is 0 Å². The maximum Gasteiger partial charge on any atom is 0.175 e. The lowest BCUT2D eigenvalue weighted by Crippen LogP contribution is -2.19. The molecule has 0 atom stereocenters. The first-order valence-corrected chi connectivity index (χ1v) is 8.08. The van der Waals surface area contributed by atoms with Crippen molar-refractivity contribution < 1.29 is 0 Å². The van der Waals surface area contributed by atoms with Gasteiger partial charge in [0, 0.05) is 21.3 Å². The van der Waals surface area contributed by atoms with Crippen molar-refractivity contribution in [3.8, 4) is 0 Å². The van der Waals surface area contributed by atoms with E-state index in [0.29, 0.717) is 5.11 Å². The van der Waals surface area contributed by atoms with Gasteiger partial charge in [-0.2, -0.15) is 0 Å². The Hall–Kier alpha value is -1.23. The quantitative estimate of drug-likeness (QED) is 0.600. The van der Waals surface area contributed by atoms with Crippen LogP contribution in [0.3, 0.4) is 0 Å². The second kappa shape index (κ2) is 6.97. The van der Waals surface area contributed by atoms with Crippen molar-refractivity contribution in [2.24, 2.45) is 0 Å². The molecular formula is C15H15ClN2S2. The van der Waals surface area contributed by atoms with Crippen LogP contribution in [-0.2, 0) is 0 Å². The lowest BCUT2D eigenvalue weighted by Gasteiger charge is -2.12. The van der Waals surface area contributed by atoms with Crippen LogP contribution in [0.1, 0.15) is 5.56 Å². The number of hydrogen-bond acceptors (Lipinski definition) is 2. The molecule has 2 aromatic rings. The second-order valence-electron chi connectivity index (χ2n) is 4.28. The zero-order chi connectivity index (χ0) is 14.5. The average Bonchev–Trinajstić information content (AvgIpc) is 2.43. The van der Waals surface area contributed by atoms with Crippen molar-refractivity contribution in [3.63, 3.8) is 0 Å². The van der Waals surface area contributed by atoms with Crippen LogP contribution in [0.25, 0.3) is 0 Å². The fourth-order valence-electron chi connectivity index (χ4n) is 1.66. The van der Waals surface area contributed by atoms with Crippen molar-refractivity contribution in [3.05, 3.63) is 53.1 Å². The molecule has 2 rings (SSSR count). The number of halogens is 1. The monoisotopic (exact) mass is 322 g/mol. The van der Waals surface area contributed by atoms with Crippen LogP contribution in [0.15, 0.2) is 47.4 Å². The van der Waals surface area contributed by atoms with E-state index in [4.69, 9.17) is 23.8 Å². The summed E-state index contributed by atoms with van der Waals surface area (Å²) in [5.74, 6) is 0. The number of anilines is 2. The Morgan fingerprint density at radius 3 is 2.45 bits per heavy atom. The molecule has 0 aromatic heterocycles. The smallest absolute Gasteiger partial charge is 0.175 e. The minimum absolute atomic E-state index is 0.545. The van der Waals surface area contributed by atoms with E-state index >= 15 is 0 Å². The normalized spacial score (nSPS) is 10.2. The number of hydrogen-bond donors (Lipinski definition) is 2. The van der Waals surface area contributed by atoms with Gasteiger partial charge in [0.15, 0.2) is 5.11 Å². The molecule has 0 bridgehead atoms. The van der Waals surface area contributed by atoms with E-state index in [1.807, 2.05) is 43.5 Å². The molecule has 0 aliphatic carbocycles. The Kier molecular flexibility index (Phi) is 5.29. The Morgan fingerprint density at radius 1 is 1.10 bits per heavy atom. The van der Waals surface area contributed by atoms with Gasteiger partial charge in [0.1, 0.15) is 0 Å². The molecule has 2 N–H and O–H groups in total. The summed E-state index contributed by atoms with van der Waals surface area (Å²) < 4.78 is 0. The maximum atomic E-state index is 6.09. The molecule has 20 heavy (non-hydrogen) atoms. The summed E-state index contributed by atoms with van der Waals surface area (Å²) in [4.78, 5) is 1.19. The van der Waals surface area contributed by atoms with Crippen LogP contribution >= 0.6 is 35.6 Å². The van der Waals surface area contributed by atoms with Crippen molar-refractivity contribution in [1.29, 1.82) is 0 Å². The maximum absolute atomic E-state index is 6.09. The van der Waals surface area contributed by atoms with Gasteiger partial charge in [-0.15, -0.1) is 11.8 Å². The highest BCUT2D eigenvalue weighted by Gasteiger charge is 2.02. The van der Waals surface area contributed by atoms with Gasteiger partial charge in [-0.3, -0.25) is 0 Å². The number of aryl methyl sites for hydroxylation is 1. The first kappa shape index (κ1) is 15.2. The molecule has 2 aromatic carbocycles. The molecule has 0 aliphatic rings. The predicted molar refractivity (Wildman–Crippen MR) is 94.3 cm³/mol. The topological polar surface area (TPSA) is 24.1 Å². The number of thiocarbonyl (C=S) groups is 1. The number of thioether (sulfide) groups is 1. The van der Waals surface area contributed by atoms with Crippen LogP contribution in [0.4, 0.5) is 11.4 Å². The number of nitrogens with one attached hydrogen (secondary N) is 2. The number of benzene rings is 2. The highest BCUT2D eigenvalue weighted by atomic mass is 35.5. The minimum atomic E-state index is 0.545. The summed E-state index contributed by atoms with van der Waals surface area (Å²) in [6, 6.07) is 13.9. The molecule has 2 nitrogen and oxygen atoms in total. The van der Waals surface area contributed by atoms with E-state index in [0.717, 1.165) is 22.0 Å². The summed E-state index contributed by atoms with van der Waals surface area (Å²) in [5.41, 5.74) is 2.88. The second-order valence-corrected chi connectivity index (χ2v) is 5.97. The molecule has 0 spiro atoms. The molecule has 0 fully saturated rings. The lowest BCUT2D eigenvalue weighted by atomic mass is 10.2. The molecule has 0 saturated carbocycles. The Bertz CT molecular complexity index is 629. The van der Waals surface area contributed by atoms with Gasteiger partial charge in [-0.05, 0) is 61.3 Å².